The predicted octanol–water partition coefficient (Wildman–Crippen LogP) is 4.44. The van der Waals surface area contributed by atoms with Crippen LogP contribution in [0.3, 0.4) is 0 Å². The molecule has 0 aromatic carbocycles. The van der Waals surface area contributed by atoms with Crippen LogP contribution < -0.4 is 5.73 Å². The number of fused-ring (bicyclic) bond motifs is 5. The first-order valence-electron chi connectivity index (χ1n) is 9.45. The Morgan fingerprint density at radius 1 is 1.14 bits per heavy atom. The molecule has 2 heteroatoms. The lowest BCUT2D eigenvalue weighted by Gasteiger charge is -2.57. The van der Waals surface area contributed by atoms with Crippen LogP contribution in [0.2, 0.25) is 0 Å². The monoisotopic (exact) mass is 301 g/mol. The van der Waals surface area contributed by atoms with E-state index in [2.05, 4.69) is 19.9 Å². The van der Waals surface area contributed by atoms with Crippen molar-refractivity contribution in [3.63, 3.8) is 0 Å². The molecule has 0 aromatic rings. The van der Waals surface area contributed by atoms with Gasteiger partial charge in [0.1, 0.15) is 0 Å². The zero-order valence-corrected chi connectivity index (χ0v) is 14.2. The topological polar surface area (TPSA) is 43.1 Å². The second-order valence-corrected chi connectivity index (χ2v) is 9.04. The molecule has 0 heterocycles. The fourth-order valence-corrected chi connectivity index (χ4v) is 7.17. The van der Waals surface area contributed by atoms with Crippen molar-refractivity contribution in [2.45, 2.75) is 71.6 Å². The highest BCUT2D eigenvalue weighted by molar-refractivity contribution is 5.78. The van der Waals surface area contributed by atoms with E-state index in [4.69, 9.17) is 5.73 Å². The summed E-state index contributed by atoms with van der Waals surface area (Å²) in [7, 11) is 0. The molecule has 122 valence electrons. The molecule has 4 rings (SSSR count). The molecule has 0 saturated heterocycles. The summed E-state index contributed by atoms with van der Waals surface area (Å²) in [4.78, 5) is 11.9. The standard InChI is InChI=1S/C20H31NO/c1-19-11-4-3-5-13(19)6-7-14-15-8-9-17(18(21)22)20(15,2)12-10-16(14)19/h6,14-17H,3-5,7-12H2,1-2H3,(H2,21,22)/t14-,15-,16-,17?,19-,20-/m0/s1. The van der Waals surface area contributed by atoms with Crippen LogP contribution in [0.1, 0.15) is 71.6 Å². The number of allylic oxidation sites excluding steroid dienone is 2. The third-order valence-corrected chi connectivity index (χ3v) is 8.36. The number of hydrogen-bond acceptors (Lipinski definition) is 1. The Morgan fingerprint density at radius 3 is 2.73 bits per heavy atom. The van der Waals surface area contributed by atoms with E-state index < -0.39 is 0 Å². The molecule has 0 bridgehead atoms. The molecule has 2 nitrogen and oxygen atoms in total. The maximum atomic E-state index is 11.9. The first-order valence-corrected chi connectivity index (χ1v) is 9.45. The fraction of sp³-hybridized carbons (Fsp3) is 0.850. The van der Waals surface area contributed by atoms with Gasteiger partial charge in [-0.05, 0) is 80.0 Å². The van der Waals surface area contributed by atoms with Gasteiger partial charge in [-0.2, -0.15) is 0 Å². The molecule has 3 fully saturated rings. The second-order valence-electron chi connectivity index (χ2n) is 9.04. The Labute approximate surface area is 134 Å². The molecule has 6 atom stereocenters. The van der Waals surface area contributed by atoms with Crippen LogP contribution in [-0.2, 0) is 4.79 Å². The molecule has 22 heavy (non-hydrogen) atoms. The van der Waals surface area contributed by atoms with Crippen molar-refractivity contribution < 1.29 is 4.79 Å². The smallest absolute Gasteiger partial charge is 0.221 e. The van der Waals surface area contributed by atoms with E-state index >= 15 is 0 Å². The molecule has 0 aliphatic heterocycles. The summed E-state index contributed by atoms with van der Waals surface area (Å²) in [6, 6.07) is 0. The Morgan fingerprint density at radius 2 is 1.95 bits per heavy atom. The highest BCUT2D eigenvalue weighted by Gasteiger charge is 2.59. The van der Waals surface area contributed by atoms with Crippen LogP contribution >= 0.6 is 0 Å². The summed E-state index contributed by atoms with van der Waals surface area (Å²) in [5, 5.41) is 0. The van der Waals surface area contributed by atoms with Crippen LogP contribution in [-0.4, -0.2) is 5.91 Å². The van der Waals surface area contributed by atoms with Crippen molar-refractivity contribution in [2.75, 3.05) is 0 Å². The second kappa shape index (κ2) is 4.85. The predicted molar refractivity (Wildman–Crippen MR) is 89.0 cm³/mol. The summed E-state index contributed by atoms with van der Waals surface area (Å²) in [6.45, 7) is 4.93. The number of primary amides is 1. The summed E-state index contributed by atoms with van der Waals surface area (Å²) in [5.74, 6) is 2.47. The molecule has 0 aromatic heterocycles. The molecule has 4 aliphatic carbocycles. The number of nitrogens with two attached hydrogens (primary N) is 1. The molecular formula is C20H31NO. The van der Waals surface area contributed by atoms with E-state index in [0.717, 1.165) is 24.2 Å². The van der Waals surface area contributed by atoms with Crippen LogP contribution in [0.25, 0.3) is 0 Å². The van der Waals surface area contributed by atoms with Crippen LogP contribution in [0, 0.1) is 34.5 Å². The van der Waals surface area contributed by atoms with Gasteiger partial charge in [0.15, 0.2) is 0 Å². The van der Waals surface area contributed by atoms with Gasteiger partial charge in [-0.25, -0.2) is 0 Å². The lowest BCUT2D eigenvalue weighted by atomic mass is 9.47. The SMILES string of the molecule is C[C@]12CCCCC1=CC[C@@H]1[C@@H]2CC[C@]2(C)C(C(N)=O)CC[C@@H]12. The van der Waals surface area contributed by atoms with Gasteiger partial charge in [0.05, 0.1) is 0 Å². The minimum Gasteiger partial charge on any atom is -0.369 e. The summed E-state index contributed by atoms with van der Waals surface area (Å²) >= 11 is 0. The average Bonchev–Trinajstić information content (AvgIpc) is 2.84. The zero-order chi connectivity index (χ0) is 15.5. The quantitative estimate of drug-likeness (QED) is 0.715. The van der Waals surface area contributed by atoms with E-state index in [1.165, 1.54) is 51.4 Å². The number of carbonyl (C=O) groups is 1. The molecule has 0 spiro atoms. The number of hydrogen-bond donors (Lipinski definition) is 1. The Kier molecular flexibility index (Phi) is 3.26. The van der Waals surface area contributed by atoms with Gasteiger partial charge in [-0.15, -0.1) is 0 Å². The van der Waals surface area contributed by atoms with Gasteiger partial charge >= 0.3 is 0 Å². The Balaban J connectivity index is 1.68. The van der Waals surface area contributed by atoms with Crippen molar-refractivity contribution in [1.82, 2.24) is 0 Å². The van der Waals surface area contributed by atoms with Gasteiger partial charge in [-0.3, -0.25) is 4.79 Å². The first-order chi connectivity index (χ1) is 10.5. The summed E-state index contributed by atoms with van der Waals surface area (Å²) in [5.41, 5.74) is 8.16. The van der Waals surface area contributed by atoms with Gasteiger partial charge in [-0.1, -0.05) is 31.9 Å². The minimum atomic E-state index is -0.0423. The van der Waals surface area contributed by atoms with Crippen molar-refractivity contribution in [1.29, 1.82) is 0 Å². The van der Waals surface area contributed by atoms with Gasteiger partial charge in [0.25, 0.3) is 0 Å². The number of amides is 1. The molecular weight excluding hydrogens is 270 g/mol. The maximum absolute atomic E-state index is 11.9. The Hall–Kier alpha value is -0.790. The van der Waals surface area contributed by atoms with Crippen LogP contribution in [0.15, 0.2) is 11.6 Å². The molecule has 3 saturated carbocycles. The molecule has 2 N–H and O–H groups in total. The molecule has 4 aliphatic rings. The van der Waals surface area contributed by atoms with Gasteiger partial charge in [0.2, 0.25) is 5.91 Å². The number of carbonyl (C=O) groups excluding carboxylic acids is 1. The lowest BCUT2D eigenvalue weighted by molar-refractivity contribution is -0.128. The third kappa shape index (κ3) is 1.82. The normalized spacial score (nSPS) is 50.5. The van der Waals surface area contributed by atoms with E-state index in [0.29, 0.717) is 5.41 Å². The van der Waals surface area contributed by atoms with Gasteiger partial charge in [0, 0.05) is 5.92 Å². The maximum Gasteiger partial charge on any atom is 0.221 e. The molecule has 0 radical (unpaired) electrons. The highest BCUT2D eigenvalue weighted by Crippen LogP contribution is 2.66. The average molecular weight is 301 g/mol. The Bertz CT molecular complexity index is 524. The van der Waals surface area contributed by atoms with E-state index in [1.54, 1.807) is 5.57 Å². The molecule has 1 amide bonds. The fourth-order valence-electron chi connectivity index (χ4n) is 7.17. The van der Waals surface area contributed by atoms with Crippen LogP contribution in [0.5, 0.6) is 0 Å². The zero-order valence-electron chi connectivity index (χ0n) is 14.2. The highest BCUT2D eigenvalue weighted by atomic mass is 16.1. The van der Waals surface area contributed by atoms with Crippen LogP contribution in [0.4, 0.5) is 0 Å². The minimum absolute atomic E-state index is 0.0423. The van der Waals surface area contributed by atoms with E-state index in [1.807, 2.05) is 0 Å². The lowest BCUT2D eigenvalue weighted by Crippen LogP contribution is -2.50. The van der Waals surface area contributed by atoms with Crippen molar-refractivity contribution in [2.24, 2.45) is 40.2 Å². The number of rotatable bonds is 1. The molecule has 1 unspecified atom stereocenters. The van der Waals surface area contributed by atoms with E-state index in [9.17, 15) is 4.79 Å². The van der Waals surface area contributed by atoms with Gasteiger partial charge < -0.3 is 5.73 Å². The summed E-state index contributed by atoms with van der Waals surface area (Å²) < 4.78 is 0. The largest absolute Gasteiger partial charge is 0.369 e. The van der Waals surface area contributed by atoms with Crippen molar-refractivity contribution in [3.8, 4) is 0 Å². The third-order valence-electron chi connectivity index (χ3n) is 8.36. The van der Waals surface area contributed by atoms with E-state index in [-0.39, 0.29) is 17.2 Å². The van der Waals surface area contributed by atoms with Crippen molar-refractivity contribution in [3.05, 3.63) is 11.6 Å². The summed E-state index contributed by atoms with van der Waals surface area (Å²) in [6.07, 6.45) is 14.2. The first kappa shape index (κ1) is 14.8. The van der Waals surface area contributed by atoms with Crippen molar-refractivity contribution >= 4 is 5.91 Å².